The Balaban J connectivity index is 2.12. The van der Waals surface area contributed by atoms with Crippen LogP contribution in [0.2, 0.25) is 0 Å². The van der Waals surface area contributed by atoms with Crippen LogP contribution < -0.4 is 4.90 Å². The third-order valence-corrected chi connectivity index (χ3v) is 3.45. The van der Waals surface area contributed by atoms with Gasteiger partial charge in [0.15, 0.2) is 0 Å². The molecule has 1 N–H and O–H groups in total. The van der Waals surface area contributed by atoms with E-state index in [0.29, 0.717) is 0 Å². The minimum Gasteiger partial charge on any atom is -0.389 e. The van der Waals surface area contributed by atoms with Gasteiger partial charge in [-0.25, -0.2) is 0 Å². The second kappa shape index (κ2) is 5.40. The van der Waals surface area contributed by atoms with Gasteiger partial charge in [-0.1, -0.05) is 18.2 Å². The number of carbonyl (C=O) groups excluding carboxylic acids is 1. The zero-order valence-electron chi connectivity index (χ0n) is 11.0. The molecule has 0 spiro atoms. The van der Waals surface area contributed by atoms with E-state index in [1.807, 2.05) is 29.2 Å². The second-order valence-electron chi connectivity index (χ2n) is 4.73. The number of carbonyl (C=O) groups is 1. The zero-order chi connectivity index (χ0) is 13.1. The zero-order valence-corrected chi connectivity index (χ0v) is 11.0. The summed E-state index contributed by atoms with van der Waals surface area (Å²) in [6.45, 7) is 6.55. The molecular weight excluding hydrogens is 228 g/mol. The Morgan fingerprint density at radius 3 is 2.39 bits per heavy atom. The molecule has 1 aliphatic rings. The number of amides is 1. The number of anilines is 1. The van der Waals surface area contributed by atoms with Gasteiger partial charge in [0.25, 0.3) is 0 Å². The number of aliphatic hydroxyl groups is 1. The second-order valence-corrected chi connectivity index (χ2v) is 4.73. The van der Waals surface area contributed by atoms with Crippen LogP contribution in [0.3, 0.4) is 0 Å². The SMILES string of the molecule is CC(=O)N1CCN(c2ccccc2C(C)O)CC1. The highest BCUT2D eigenvalue weighted by molar-refractivity contribution is 5.73. The van der Waals surface area contributed by atoms with E-state index in [1.165, 1.54) is 0 Å². The summed E-state index contributed by atoms with van der Waals surface area (Å²) in [5.74, 6) is 0.137. The van der Waals surface area contributed by atoms with Gasteiger partial charge in [0.2, 0.25) is 5.91 Å². The van der Waals surface area contributed by atoms with Crippen molar-refractivity contribution < 1.29 is 9.90 Å². The summed E-state index contributed by atoms with van der Waals surface area (Å²) in [7, 11) is 0. The van der Waals surface area contributed by atoms with Crippen molar-refractivity contribution in [3.05, 3.63) is 29.8 Å². The van der Waals surface area contributed by atoms with E-state index >= 15 is 0 Å². The van der Waals surface area contributed by atoms with Crippen LogP contribution in [-0.4, -0.2) is 42.1 Å². The Hall–Kier alpha value is -1.55. The van der Waals surface area contributed by atoms with Crippen LogP contribution in [0.1, 0.15) is 25.5 Å². The van der Waals surface area contributed by atoms with E-state index in [-0.39, 0.29) is 5.91 Å². The van der Waals surface area contributed by atoms with Gasteiger partial charge in [-0.2, -0.15) is 0 Å². The summed E-state index contributed by atoms with van der Waals surface area (Å²) < 4.78 is 0. The third-order valence-electron chi connectivity index (χ3n) is 3.45. The first-order valence-corrected chi connectivity index (χ1v) is 6.37. The van der Waals surface area contributed by atoms with Crippen LogP contribution in [0.15, 0.2) is 24.3 Å². The summed E-state index contributed by atoms with van der Waals surface area (Å²) >= 11 is 0. The lowest BCUT2D eigenvalue weighted by Crippen LogP contribution is -2.48. The highest BCUT2D eigenvalue weighted by Gasteiger charge is 2.21. The monoisotopic (exact) mass is 248 g/mol. The number of hydrogen-bond donors (Lipinski definition) is 1. The van der Waals surface area contributed by atoms with Gasteiger partial charge in [-0.15, -0.1) is 0 Å². The lowest BCUT2D eigenvalue weighted by molar-refractivity contribution is -0.129. The molecule has 1 aromatic rings. The number of piperazine rings is 1. The van der Waals surface area contributed by atoms with E-state index in [9.17, 15) is 9.90 Å². The van der Waals surface area contributed by atoms with E-state index in [4.69, 9.17) is 0 Å². The summed E-state index contributed by atoms with van der Waals surface area (Å²) in [6.07, 6.45) is -0.466. The number of para-hydroxylation sites is 1. The van der Waals surface area contributed by atoms with Gasteiger partial charge in [0, 0.05) is 44.4 Å². The van der Waals surface area contributed by atoms with Crippen LogP contribution in [0.25, 0.3) is 0 Å². The molecule has 0 aliphatic carbocycles. The Kier molecular flexibility index (Phi) is 3.87. The Morgan fingerprint density at radius 2 is 1.83 bits per heavy atom. The Bertz CT molecular complexity index is 424. The van der Waals surface area contributed by atoms with Crippen molar-refractivity contribution in [2.24, 2.45) is 0 Å². The first kappa shape index (κ1) is 12.9. The van der Waals surface area contributed by atoms with E-state index in [1.54, 1.807) is 13.8 Å². The molecule has 1 aromatic carbocycles. The molecule has 1 saturated heterocycles. The molecule has 1 fully saturated rings. The first-order chi connectivity index (χ1) is 8.59. The molecule has 1 unspecified atom stereocenters. The predicted molar refractivity (Wildman–Crippen MR) is 71.5 cm³/mol. The van der Waals surface area contributed by atoms with Crippen molar-refractivity contribution in [3.8, 4) is 0 Å². The van der Waals surface area contributed by atoms with Gasteiger partial charge in [-0.05, 0) is 13.0 Å². The van der Waals surface area contributed by atoms with Crippen LogP contribution in [-0.2, 0) is 4.79 Å². The molecule has 1 aliphatic heterocycles. The molecule has 1 atom stereocenters. The fraction of sp³-hybridized carbons (Fsp3) is 0.500. The van der Waals surface area contributed by atoms with Crippen molar-refractivity contribution in [1.29, 1.82) is 0 Å². The summed E-state index contributed by atoms with van der Waals surface area (Å²) in [6, 6.07) is 7.92. The van der Waals surface area contributed by atoms with Crippen LogP contribution in [0.5, 0.6) is 0 Å². The molecular formula is C14H20N2O2. The van der Waals surface area contributed by atoms with Crippen molar-refractivity contribution in [1.82, 2.24) is 4.90 Å². The summed E-state index contributed by atoms with van der Waals surface area (Å²) in [5.41, 5.74) is 2.03. The topological polar surface area (TPSA) is 43.8 Å². The summed E-state index contributed by atoms with van der Waals surface area (Å²) in [4.78, 5) is 15.4. The number of nitrogens with zero attached hydrogens (tertiary/aromatic N) is 2. The molecule has 0 saturated carbocycles. The third kappa shape index (κ3) is 2.64. The average Bonchev–Trinajstić information content (AvgIpc) is 2.39. The minimum atomic E-state index is -0.466. The molecule has 4 nitrogen and oxygen atoms in total. The largest absolute Gasteiger partial charge is 0.389 e. The maximum absolute atomic E-state index is 11.3. The number of benzene rings is 1. The number of aliphatic hydroxyl groups excluding tert-OH is 1. The maximum atomic E-state index is 11.3. The van der Waals surface area contributed by atoms with E-state index < -0.39 is 6.10 Å². The van der Waals surface area contributed by atoms with Gasteiger partial charge in [0.1, 0.15) is 0 Å². The van der Waals surface area contributed by atoms with Crippen molar-refractivity contribution in [2.75, 3.05) is 31.1 Å². The van der Waals surface area contributed by atoms with Gasteiger partial charge in [0.05, 0.1) is 6.10 Å². The smallest absolute Gasteiger partial charge is 0.219 e. The highest BCUT2D eigenvalue weighted by atomic mass is 16.3. The normalized spacial score (nSPS) is 17.7. The van der Waals surface area contributed by atoms with E-state index in [0.717, 1.165) is 37.4 Å². The Morgan fingerprint density at radius 1 is 1.22 bits per heavy atom. The van der Waals surface area contributed by atoms with Crippen molar-refractivity contribution >= 4 is 11.6 Å². The lowest BCUT2D eigenvalue weighted by Gasteiger charge is -2.36. The molecule has 4 heteroatoms. The molecule has 0 bridgehead atoms. The first-order valence-electron chi connectivity index (χ1n) is 6.37. The number of rotatable bonds is 2. The lowest BCUT2D eigenvalue weighted by atomic mass is 10.1. The fourth-order valence-corrected chi connectivity index (χ4v) is 2.39. The van der Waals surface area contributed by atoms with Crippen molar-refractivity contribution in [2.45, 2.75) is 20.0 Å². The maximum Gasteiger partial charge on any atom is 0.219 e. The predicted octanol–water partition coefficient (Wildman–Crippen LogP) is 1.41. The van der Waals surface area contributed by atoms with Crippen LogP contribution >= 0.6 is 0 Å². The molecule has 0 radical (unpaired) electrons. The van der Waals surface area contributed by atoms with Crippen LogP contribution in [0.4, 0.5) is 5.69 Å². The highest BCUT2D eigenvalue weighted by Crippen LogP contribution is 2.26. The Labute approximate surface area is 108 Å². The standard InChI is InChI=1S/C14H20N2O2/c1-11(17)13-5-3-4-6-14(13)16-9-7-15(8-10-16)12(2)18/h3-6,11,17H,7-10H2,1-2H3. The summed E-state index contributed by atoms with van der Waals surface area (Å²) in [5, 5.41) is 9.78. The molecule has 1 amide bonds. The van der Waals surface area contributed by atoms with Gasteiger partial charge < -0.3 is 14.9 Å². The molecule has 0 aromatic heterocycles. The van der Waals surface area contributed by atoms with Crippen molar-refractivity contribution in [3.63, 3.8) is 0 Å². The van der Waals surface area contributed by atoms with E-state index in [2.05, 4.69) is 4.90 Å². The fourth-order valence-electron chi connectivity index (χ4n) is 2.39. The number of hydrogen-bond acceptors (Lipinski definition) is 3. The van der Waals surface area contributed by atoms with Crippen LogP contribution in [0, 0.1) is 0 Å². The molecule has 98 valence electrons. The molecule has 18 heavy (non-hydrogen) atoms. The quantitative estimate of drug-likeness (QED) is 0.860. The average molecular weight is 248 g/mol. The molecule has 2 rings (SSSR count). The van der Waals surface area contributed by atoms with Gasteiger partial charge >= 0.3 is 0 Å². The van der Waals surface area contributed by atoms with Gasteiger partial charge in [-0.3, -0.25) is 4.79 Å². The molecule has 1 heterocycles. The minimum absolute atomic E-state index is 0.137.